The molecule has 0 unspecified atom stereocenters. The van der Waals surface area contributed by atoms with Gasteiger partial charge in [-0.15, -0.1) is 0 Å². The fourth-order valence-corrected chi connectivity index (χ4v) is 2.63. The Hall–Kier alpha value is -3.31. The first kappa shape index (κ1) is 18.5. The second kappa shape index (κ2) is 8.38. The summed E-state index contributed by atoms with van der Waals surface area (Å²) in [5, 5.41) is 8.89. The van der Waals surface area contributed by atoms with Gasteiger partial charge in [-0.3, -0.25) is 4.79 Å². The number of nitrogens with one attached hydrogen (secondary N) is 3. The predicted molar refractivity (Wildman–Crippen MR) is 110 cm³/mol. The molecule has 3 amide bonds. The van der Waals surface area contributed by atoms with Crippen molar-refractivity contribution in [3.63, 3.8) is 0 Å². The highest BCUT2D eigenvalue weighted by atomic mass is 35.5. The van der Waals surface area contributed by atoms with Crippen LogP contribution in [0.2, 0.25) is 5.02 Å². The molecular formula is C21H18ClN3O2. The van der Waals surface area contributed by atoms with Gasteiger partial charge >= 0.3 is 6.03 Å². The standard InChI is InChI=1S/C21H18ClN3O2/c1-14-18(22)8-5-9-19(14)25-20(26)15-10-12-17(13-11-15)24-21(27)23-16-6-3-2-4-7-16/h2-13H,1H3,(H,25,26)(H2,23,24,27). The van der Waals surface area contributed by atoms with Gasteiger partial charge in [0, 0.05) is 27.6 Å². The lowest BCUT2D eigenvalue weighted by Crippen LogP contribution is -2.19. The van der Waals surface area contributed by atoms with Crippen LogP contribution in [0.15, 0.2) is 72.8 Å². The molecule has 3 aromatic rings. The van der Waals surface area contributed by atoms with Gasteiger partial charge in [-0.1, -0.05) is 35.9 Å². The van der Waals surface area contributed by atoms with E-state index in [1.165, 1.54) is 0 Å². The van der Waals surface area contributed by atoms with Crippen molar-refractivity contribution in [2.24, 2.45) is 0 Å². The molecule has 0 aliphatic heterocycles. The van der Waals surface area contributed by atoms with Gasteiger partial charge < -0.3 is 16.0 Å². The highest BCUT2D eigenvalue weighted by molar-refractivity contribution is 6.31. The largest absolute Gasteiger partial charge is 0.323 e. The van der Waals surface area contributed by atoms with Crippen molar-refractivity contribution in [3.05, 3.63) is 88.9 Å². The lowest BCUT2D eigenvalue weighted by Gasteiger charge is -2.10. The average Bonchev–Trinajstić information content (AvgIpc) is 2.66. The number of carbonyl (C=O) groups excluding carboxylic acids is 2. The normalized spacial score (nSPS) is 10.1. The SMILES string of the molecule is Cc1c(Cl)cccc1NC(=O)c1ccc(NC(=O)Nc2ccccc2)cc1. The van der Waals surface area contributed by atoms with Crippen LogP contribution >= 0.6 is 11.6 Å². The third-order valence-electron chi connectivity index (χ3n) is 3.95. The molecule has 136 valence electrons. The van der Waals surface area contributed by atoms with Crippen LogP contribution in [-0.2, 0) is 0 Å². The summed E-state index contributed by atoms with van der Waals surface area (Å²) in [4.78, 5) is 24.4. The molecule has 0 heterocycles. The first-order valence-corrected chi connectivity index (χ1v) is 8.70. The first-order chi connectivity index (χ1) is 13.0. The smallest absolute Gasteiger partial charge is 0.322 e. The maximum absolute atomic E-state index is 12.4. The second-order valence-corrected chi connectivity index (χ2v) is 6.30. The highest BCUT2D eigenvalue weighted by Crippen LogP contribution is 2.23. The maximum atomic E-state index is 12.4. The van der Waals surface area contributed by atoms with Gasteiger partial charge in [0.05, 0.1) is 0 Å². The fraction of sp³-hybridized carbons (Fsp3) is 0.0476. The lowest BCUT2D eigenvalue weighted by atomic mass is 10.1. The molecule has 0 radical (unpaired) electrons. The van der Waals surface area contributed by atoms with E-state index in [0.29, 0.717) is 27.6 Å². The number of benzene rings is 3. The van der Waals surface area contributed by atoms with E-state index in [2.05, 4.69) is 16.0 Å². The van der Waals surface area contributed by atoms with Crippen LogP contribution in [0.5, 0.6) is 0 Å². The van der Waals surface area contributed by atoms with E-state index in [4.69, 9.17) is 11.6 Å². The number of hydrogen-bond acceptors (Lipinski definition) is 2. The van der Waals surface area contributed by atoms with E-state index in [0.717, 1.165) is 5.56 Å². The summed E-state index contributed by atoms with van der Waals surface area (Å²) in [7, 11) is 0. The molecular weight excluding hydrogens is 362 g/mol. The van der Waals surface area contributed by atoms with Crippen LogP contribution in [0.25, 0.3) is 0 Å². The van der Waals surface area contributed by atoms with E-state index < -0.39 is 0 Å². The summed E-state index contributed by atoms with van der Waals surface area (Å²) >= 11 is 6.07. The van der Waals surface area contributed by atoms with Gasteiger partial charge in [0.15, 0.2) is 0 Å². The number of halogens is 1. The molecule has 0 bridgehead atoms. The third-order valence-corrected chi connectivity index (χ3v) is 4.36. The second-order valence-electron chi connectivity index (χ2n) is 5.89. The minimum absolute atomic E-state index is 0.249. The number of rotatable bonds is 4. The number of anilines is 3. The van der Waals surface area contributed by atoms with Crippen LogP contribution in [0.3, 0.4) is 0 Å². The average molecular weight is 380 g/mol. The molecule has 0 aliphatic rings. The minimum Gasteiger partial charge on any atom is -0.322 e. The number of urea groups is 1. The number of hydrogen-bond donors (Lipinski definition) is 3. The summed E-state index contributed by atoms with van der Waals surface area (Å²) in [5.41, 5.74) is 3.23. The highest BCUT2D eigenvalue weighted by Gasteiger charge is 2.10. The van der Waals surface area contributed by atoms with Crippen LogP contribution in [0.4, 0.5) is 21.9 Å². The molecule has 27 heavy (non-hydrogen) atoms. The van der Waals surface area contributed by atoms with E-state index in [-0.39, 0.29) is 11.9 Å². The van der Waals surface area contributed by atoms with E-state index in [1.54, 1.807) is 54.6 Å². The number of para-hydroxylation sites is 1. The molecule has 3 rings (SSSR count). The van der Waals surface area contributed by atoms with Crippen molar-refractivity contribution in [1.82, 2.24) is 0 Å². The van der Waals surface area contributed by atoms with Crippen LogP contribution in [0, 0.1) is 6.92 Å². The molecule has 5 nitrogen and oxygen atoms in total. The van der Waals surface area contributed by atoms with Gasteiger partial charge in [-0.2, -0.15) is 0 Å². The maximum Gasteiger partial charge on any atom is 0.323 e. The molecule has 0 atom stereocenters. The zero-order valence-corrected chi connectivity index (χ0v) is 15.4. The molecule has 6 heteroatoms. The van der Waals surface area contributed by atoms with Crippen LogP contribution < -0.4 is 16.0 Å². The van der Waals surface area contributed by atoms with E-state index >= 15 is 0 Å². The quantitative estimate of drug-likeness (QED) is 0.556. The van der Waals surface area contributed by atoms with Gasteiger partial charge in [0.25, 0.3) is 5.91 Å². The van der Waals surface area contributed by atoms with Crippen molar-refractivity contribution in [2.45, 2.75) is 6.92 Å². The fourth-order valence-electron chi connectivity index (χ4n) is 2.46. The predicted octanol–water partition coefficient (Wildman–Crippen LogP) is 5.54. The Bertz CT molecular complexity index is 957. The Morgan fingerprint density at radius 1 is 0.741 bits per heavy atom. The Balaban J connectivity index is 1.62. The summed E-state index contributed by atoms with van der Waals surface area (Å²) in [6.45, 7) is 1.84. The molecule has 3 aromatic carbocycles. The summed E-state index contributed by atoms with van der Waals surface area (Å²) in [6, 6.07) is 20.8. The Morgan fingerprint density at radius 3 is 2.04 bits per heavy atom. The summed E-state index contributed by atoms with van der Waals surface area (Å²) in [5.74, 6) is -0.249. The van der Waals surface area contributed by atoms with Crippen LogP contribution in [-0.4, -0.2) is 11.9 Å². The number of amides is 3. The molecule has 0 saturated carbocycles. The van der Waals surface area contributed by atoms with Gasteiger partial charge in [0.2, 0.25) is 0 Å². The molecule has 0 saturated heterocycles. The van der Waals surface area contributed by atoms with Crippen molar-refractivity contribution in [1.29, 1.82) is 0 Å². The molecule has 0 fully saturated rings. The van der Waals surface area contributed by atoms with Gasteiger partial charge in [0.1, 0.15) is 0 Å². The molecule has 0 spiro atoms. The monoisotopic (exact) mass is 379 g/mol. The first-order valence-electron chi connectivity index (χ1n) is 8.32. The zero-order chi connectivity index (χ0) is 19.2. The third kappa shape index (κ3) is 4.86. The van der Waals surface area contributed by atoms with Gasteiger partial charge in [-0.25, -0.2) is 4.79 Å². The van der Waals surface area contributed by atoms with E-state index in [1.807, 2.05) is 25.1 Å². The van der Waals surface area contributed by atoms with Crippen molar-refractivity contribution in [2.75, 3.05) is 16.0 Å². The van der Waals surface area contributed by atoms with Crippen molar-refractivity contribution in [3.8, 4) is 0 Å². The Labute approximate surface area is 162 Å². The summed E-state index contributed by atoms with van der Waals surface area (Å²) < 4.78 is 0. The molecule has 0 aliphatic carbocycles. The lowest BCUT2D eigenvalue weighted by molar-refractivity contribution is 0.102. The van der Waals surface area contributed by atoms with Crippen molar-refractivity contribution < 1.29 is 9.59 Å². The zero-order valence-electron chi connectivity index (χ0n) is 14.6. The Morgan fingerprint density at radius 2 is 1.37 bits per heavy atom. The summed E-state index contributed by atoms with van der Waals surface area (Å²) in [6.07, 6.45) is 0. The van der Waals surface area contributed by atoms with Crippen molar-refractivity contribution >= 4 is 40.6 Å². The molecule has 0 aromatic heterocycles. The van der Waals surface area contributed by atoms with Gasteiger partial charge in [-0.05, 0) is 61.0 Å². The number of carbonyl (C=O) groups is 2. The van der Waals surface area contributed by atoms with E-state index in [9.17, 15) is 9.59 Å². The van der Waals surface area contributed by atoms with Crippen LogP contribution in [0.1, 0.15) is 15.9 Å². The Kier molecular flexibility index (Phi) is 5.74. The topological polar surface area (TPSA) is 70.2 Å². The molecule has 3 N–H and O–H groups in total. The minimum atomic E-state index is -0.354.